The highest BCUT2D eigenvalue weighted by molar-refractivity contribution is 7.11. The Kier molecular flexibility index (Phi) is 9.86. The third-order valence-corrected chi connectivity index (χ3v) is 9.29. The molecule has 2 amide bonds. The average Bonchev–Trinajstić information content (AvgIpc) is 3.49. The molecule has 2 aromatic carbocycles. The van der Waals surface area contributed by atoms with Crippen molar-refractivity contribution in [2.75, 3.05) is 26.3 Å². The molecule has 2 aromatic heterocycles. The Morgan fingerprint density at radius 3 is 2.48 bits per heavy atom. The van der Waals surface area contributed by atoms with Crippen LogP contribution in [0.4, 0.5) is 4.39 Å². The van der Waals surface area contributed by atoms with Crippen molar-refractivity contribution in [2.45, 2.75) is 51.2 Å². The van der Waals surface area contributed by atoms with Crippen LogP contribution in [0.2, 0.25) is 0 Å². The van der Waals surface area contributed by atoms with Gasteiger partial charge in [-0.15, -0.1) is 11.3 Å². The van der Waals surface area contributed by atoms with E-state index in [1.165, 1.54) is 11.3 Å². The summed E-state index contributed by atoms with van der Waals surface area (Å²) in [4.78, 5) is 37.1. The van der Waals surface area contributed by atoms with Crippen LogP contribution in [0.1, 0.15) is 57.0 Å². The van der Waals surface area contributed by atoms with Crippen molar-refractivity contribution in [3.8, 4) is 28.5 Å². The topological polar surface area (TPSA) is 126 Å². The number of morpholine rings is 1. The van der Waals surface area contributed by atoms with Crippen molar-refractivity contribution in [2.24, 2.45) is 0 Å². The zero-order valence-electron chi connectivity index (χ0n) is 25.5. The highest BCUT2D eigenvalue weighted by Gasteiger charge is 2.27. The van der Waals surface area contributed by atoms with Crippen molar-refractivity contribution in [3.05, 3.63) is 87.8 Å². The molecular weight excluding hydrogens is 609 g/mol. The Balaban J connectivity index is 1.12. The Morgan fingerprint density at radius 1 is 1.02 bits per heavy atom. The molecule has 2 aliphatic rings. The first-order valence-corrected chi connectivity index (χ1v) is 16.3. The van der Waals surface area contributed by atoms with E-state index in [1.54, 1.807) is 23.7 Å². The van der Waals surface area contributed by atoms with Crippen LogP contribution in [-0.4, -0.2) is 70.2 Å². The van der Waals surface area contributed by atoms with Gasteiger partial charge in [-0.3, -0.25) is 14.5 Å². The maximum absolute atomic E-state index is 14.3. The van der Waals surface area contributed by atoms with E-state index in [4.69, 9.17) is 9.47 Å². The van der Waals surface area contributed by atoms with E-state index in [1.807, 2.05) is 31.2 Å². The minimum atomic E-state index is -0.645. The summed E-state index contributed by atoms with van der Waals surface area (Å²) >= 11 is 1.32. The van der Waals surface area contributed by atoms with Crippen LogP contribution in [-0.2, 0) is 11.3 Å². The van der Waals surface area contributed by atoms with Gasteiger partial charge in [-0.1, -0.05) is 18.2 Å². The van der Waals surface area contributed by atoms with Gasteiger partial charge < -0.3 is 25.2 Å². The zero-order valence-corrected chi connectivity index (χ0v) is 26.3. The van der Waals surface area contributed by atoms with E-state index < -0.39 is 11.7 Å². The Labute approximate surface area is 270 Å². The summed E-state index contributed by atoms with van der Waals surface area (Å²) < 4.78 is 25.9. The summed E-state index contributed by atoms with van der Waals surface area (Å²) in [5.74, 6) is -0.623. The summed E-state index contributed by atoms with van der Waals surface area (Å²) in [5, 5.41) is 16.3. The first kappa shape index (κ1) is 31.6. The van der Waals surface area contributed by atoms with E-state index in [2.05, 4.69) is 25.5 Å². The summed E-state index contributed by atoms with van der Waals surface area (Å²) in [6.45, 7) is 5.43. The number of amides is 2. The molecule has 0 unspecified atom stereocenters. The van der Waals surface area contributed by atoms with Crippen LogP contribution in [0.5, 0.6) is 17.4 Å². The lowest BCUT2D eigenvalue weighted by molar-refractivity contribution is 0.0342. The van der Waals surface area contributed by atoms with Crippen LogP contribution in [0.3, 0.4) is 0 Å². The molecule has 240 valence electrons. The monoisotopic (exact) mass is 645 g/mol. The molecule has 0 bridgehead atoms. The highest BCUT2D eigenvalue weighted by atomic mass is 32.1. The van der Waals surface area contributed by atoms with Crippen molar-refractivity contribution in [1.82, 2.24) is 25.5 Å². The number of aryl methyl sites for hydroxylation is 1. The number of thiazole rings is 1. The fourth-order valence-electron chi connectivity index (χ4n) is 5.92. The number of nitrogens with zero attached hydrogens (tertiary/aromatic N) is 3. The van der Waals surface area contributed by atoms with Crippen molar-refractivity contribution >= 4 is 23.2 Å². The summed E-state index contributed by atoms with van der Waals surface area (Å²) in [7, 11) is 0. The normalized spacial score (nSPS) is 18.6. The van der Waals surface area contributed by atoms with Gasteiger partial charge in [-0.05, 0) is 79.6 Å². The Morgan fingerprint density at radius 2 is 1.76 bits per heavy atom. The van der Waals surface area contributed by atoms with Gasteiger partial charge in [0.25, 0.3) is 11.8 Å². The van der Waals surface area contributed by atoms with Crippen LogP contribution in [0, 0.1) is 12.7 Å². The van der Waals surface area contributed by atoms with Crippen LogP contribution < -0.4 is 15.4 Å². The second-order valence-corrected chi connectivity index (χ2v) is 12.5. The lowest BCUT2D eigenvalue weighted by atomic mass is 9.91. The number of hydrogen-bond donors (Lipinski definition) is 3. The lowest BCUT2D eigenvalue weighted by Gasteiger charge is -2.29. The van der Waals surface area contributed by atoms with Crippen LogP contribution in [0.25, 0.3) is 11.1 Å². The van der Waals surface area contributed by atoms with Gasteiger partial charge in [0.1, 0.15) is 27.8 Å². The maximum Gasteiger partial charge on any atom is 0.263 e. The van der Waals surface area contributed by atoms with E-state index >= 15 is 0 Å². The Hall–Kier alpha value is -4.39. The largest absolute Gasteiger partial charge is 0.508 e. The standard InChI is InChI=1S/C34H36FN5O5S/c1-21-31(46-20-37-21)33(43)39-26-7-5-25(6-8-26)38-32(42)30-17-24(35)18-36-34(30)45-28-4-2-3-22(16-28)29-10-9-27(41)15-23(29)19-40-11-13-44-14-12-40/h2-4,9-10,15-18,20,25-26,41H,5-8,11-14,19H2,1H3,(H,38,42)(H,39,43)/t25-,26+. The molecule has 1 saturated carbocycles. The third kappa shape index (κ3) is 7.69. The lowest BCUT2D eigenvalue weighted by Crippen LogP contribution is -2.43. The molecule has 3 N–H and O–H groups in total. The number of pyridine rings is 1. The van der Waals surface area contributed by atoms with Crippen molar-refractivity contribution < 1.29 is 28.6 Å². The molecule has 2 fully saturated rings. The SMILES string of the molecule is Cc1ncsc1C(=O)N[C@H]1CC[C@@H](NC(=O)c2cc(F)cnc2Oc2cccc(-c3ccc(O)cc3CN3CCOCC3)c2)CC1. The second-order valence-electron chi connectivity index (χ2n) is 11.6. The van der Waals surface area contributed by atoms with E-state index in [0.29, 0.717) is 61.8 Å². The van der Waals surface area contributed by atoms with Gasteiger partial charge in [0.05, 0.1) is 30.6 Å². The van der Waals surface area contributed by atoms with E-state index in [9.17, 15) is 19.1 Å². The predicted octanol–water partition coefficient (Wildman–Crippen LogP) is 5.45. The predicted molar refractivity (Wildman–Crippen MR) is 172 cm³/mol. The molecule has 10 nitrogen and oxygen atoms in total. The maximum atomic E-state index is 14.3. The third-order valence-electron chi connectivity index (χ3n) is 8.36. The molecule has 1 aliphatic carbocycles. The molecule has 1 saturated heterocycles. The number of halogens is 1. The molecule has 0 atom stereocenters. The first-order valence-electron chi connectivity index (χ1n) is 15.4. The number of carbonyl (C=O) groups excluding carboxylic acids is 2. The molecule has 0 spiro atoms. The second kappa shape index (κ2) is 14.4. The van der Waals surface area contributed by atoms with Gasteiger partial charge in [-0.25, -0.2) is 14.4 Å². The minimum absolute atomic E-state index is 0.000797. The number of aromatic hydroxyl groups is 1. The summed E-state index contributed by atoms with van der Waals surface area (Å²) in [5.41, 5.74) is 5.14. The van der Waals surface area contributed by atoms with E-state index in [-0.39, 0.29) is 35.2 Å². The molecule has 6 rings (SSSR count). The molecular formula is C34H36FN5O5S. The summed E-state index contributed by atoms with van der Waals surface area (Å²) in [6.07, 6.45) is 3.76. The quantitative estimate of drug-likeness (QED) is 0.219. The smallest absolute Gasteiger partial charge is 0.263 e. The minimum Gasteiger partial charge on any atom is -0.508 e. The number of nitrogens with one attached hydrogen (secondary N) is 2. The van der Waals surface area contributed by atoms with Gasteiger partial charge in [0, 0.05) is 31.7 Å². The van der Waals surface area contributed by atoms with Gasteiger partial charge in [0.2, 0.25) is 5.88 Å². The number of ether oxygens (including phenoxy) is 2. The van der Waals surface area contributed by atoms with Gasteiger partial charge in [0.15, 0.2) is 0 Å². The Bertz CT molecular complexity index is 1700. The molecule has 12 heteroatoms. The van der Waals surface area contributed by atoms with Gasteiger partial charge >= 0.3 is 0 Å². The number of benzene rings is 2. The molecule has 4 aromatic rings. The fraction of sp³-hybridized carbons (Fsp3) is 0.353. The molecule has 1 aliphatic heterocycles. The average molecular weight is 646 g/mol. The number of aromatic nitrogens is 2. The van der Waals surface area contributed by atoms with Crippen molar-refractivity contribution in [3.63, 3.8) is 0 Å². The number of rotatable bonds is 9. The zero-order chi connectivity index (χ0) is 32.0. The first-order chi connectivity index (χ1) is 22.3. The number of phenolic OH excluding ortho intramolecular Hbond substituents is 1. The van der Waals surface area contributed by atoms with Crippen molar-refractivity contribution in [1.29, 1.82) is 0 Å². The number of hydrogen-bond acceptors (Lipinski definition) is 9. The van der Waals surface area contributed by atoms with E-state index in [0.717, 1.165) is 42.0 Å². The molecule has 0 radical (unpaired) electrons. The number of phenols is 1. The molecule has 46 heavy (non-hydrogen) atoms. The number of carbonyl (C=O) groups is 2. The fourth-order valence-corrected chi connectivity index (χ4v) is 6.62. The summed E-state index contributed by atoms with van der Waals surface area (Å²) in [6, 6.07) is 13.7. The highest BCUT2D eigenvalue weighted by Crippen LogP contribution is 2.33. The van der Waals surface area contributed by atoms with Crippen LogP contribution in [0.15, 0.2) is 60.2 Å². The van der Waals surface area contributed by atoms with Gasteiger partial charge in [-0.2, -0.15) is 0 Å². The van der Waals surface area contributed by atoms with Crippen LogP contribution >= 0.6 is 11.3 Å². The molecule has 3 heterocycles.